The van der Waals surface area contributed by atoms with Crippen LogP contribution in [0.1, 0.15) is 43.0 Å². The number of aromatic nitrogens is 1. The number of carbonyl (C=O) groups is 2. The molecule has 6 heteroatoms. The first-order valence-corrected chi connectivity index (χ1v) is 10.8. The Kier molecular flexibility index (Phi) is 5.81. The highest BCUT2D eigenvalue weighted by molar-refractivity contribution is 5.95. The second kappa shape index (κ2) is 8.53. The zero-order valence-electron chi connectivity index (χ0n) is 18.2. The van der Waals surface area contributed by atoms with Gasteiger partial charge in [0.2, 0.25) is 5.91 Å². The fourth-order valence-electron chi connectivity index (χ4n) is 4.47. The van der Waals surface area contributed by atoms with Crippen LogP contribution in [0.5, 0.6) is 0 Å². The Labute approximate surface area is 181 Å². The largest absolute Gasteiger partial charge is 0.353 e. The molecule has 1 saturated carbocycles. The minimum Gasteiger partial charge on any atom is -0.353 e. The van der Waals surface area contributed by atoms with E-state index in [1.165, 1.54) is 6.07 Å². The predicted octanol–water partition coefficient (Wildman–Crippen LogP) is 4.50. The number of nitrogens with one attached hydrogen (secondary N) is 1. The molecule has 31 heavy (non-hydrogen) atoms. The zero-order valence-corrected chi connectivity index (χ0v) is 18.2. The topological polar surface area (TPSA) is 54.3 Å². The van der Waals surface area contributed by atoms with Crippen molar-refractivity contribution in [1.82, 2.24) is 14.8 Å². The van der Waals surface area contributed by atoms with Gasteiger partial charge in [0.1, 0.15) is 5.82 Å². The van der Waals surface area contributed by atoms with E-state index in [1.807, 2.05) is 49.0 Å². The van der Waals surface area contributed by atoms with Crippen LogP contribution in [-0.4, -0.2) is 40.4 Å². The van der Waals surface area contributed by atoms with Crippen LogP contribution in [0, 0.1) is 5.82 Å². The van der Waals surface area contributed by atoms with Crippen LogP contribution in [0.3, 0.4) is 0 Å². The quantitative estimate of drug-likeness (QED) is 0.659. The van der Waals surface area contributed by atoms with E-state index < -0.39 is 5.82 Å². The first kappa shape index (κ1) is 21.1. The van der Waals surface area contributed by atoms with Crippen molar-refractivity contribution < 1.29 is 14.0 Å². The molecule has 2 aromatic carbocycles. The third kappa shape index (κ3) is 4.20. The van der Waals surface area contributed by atoms with E-state index in [2.05, 4.69) is 5.32 Å². The molecule has 1 aliphatic carbocycles. The molecule has 1 aliphatic rings. The molecule has 162 valence electrons. The van der Waals surface area contributed by atoms with Crippen molar-refractivity contribution in [1.29, 1.82) is 0 Å². The van der Waals surface area contributed by atoms with E-state index >= 15 is 0 Å². The van der Waals surface area contributed by atoms with Gasteiger partial charge in [-0.1, -0.05) is 19.1 Å². The smallest absolute Gasteiger partial charge is 0.253 e. The van der Waals surface area contributed by atoms with Gasteiger partial charge in [-0.05, 0) is 55.2 Å². The molecule has 1 unspecified atom stereocenters. The summed E-state index contributed by atoms with van der Waals surface area (Å²) in [5.74, 6) is -0.573. The number of carbonyl (C=O) groups excluding carboxylic acids is 2. The molecule has 1 N–H and O–H groups in total. The predicted molar refractivity (Wildman–Crippen MR) is 120 cm³/mol. The molecule has 2 atom stereocenters. The third-order valence-corrected chi connectivity index (χ3v) is 6.37. The lowest BCUT2D eigenvalue weighted by Crippen LogP contribution is -2.38. The Hall–Kier alpha value is -3.15. The molecule has 3 aromatic rings. The van der Waals surface area contributed by atoms with Gasteiger partial charge in [-0.2, -0.15) is 0 Å². The van der Waals surface area contributed by atoms with Crippen LogP contribution in [-0.2, 0) is 11.8 Å². The molecule has 0 spiro atoms. The maximum atomic E-state index is 15.0. The number of benzene rings is 2. The molecule has 0 aliphatic heterocycles. The highest BCUT2D eigenvalue weighted by atomic mass is 19.1. The maximum Gasteiger partial charge on any atom is 0.253 e. The van der Waals surface area contributed by atoms with Crippen molar-refractivity contribution in [3.05, 3.63) is 60.0 Å². The average Bonchev–Trinajstić information content (AvgIpc) is 3.39. The van der Waals surface area contributed by atoms with Gasteiger partial charge in [0.25, 0.3) is 5.91 Å². The van der Waals surface area contributed by atoms with E-state index in [4.69, 9.17) is 0 Å². The van der Waals surface area contributed by atoms with E-state index in [-0.39, 0.29) is 23.9 Å². The molecular formula is C25H28FN3O2. The Morgan fingerprint density at radius 1 is 1.16 bits per heavy atom. The number of halogens is 1. The first-order valence-electron chi connectivity index (χ1n) is 10.8. The summed E-state index contributed by atoms with van der Waals surface area (Å²) >= 11 is 0. The fourth-order valence-corrected chi connectivity index (χ4v) is 4.47. The first-order chi connectivity index (χ1) is 14.9. The van der Waals surface area contributed by atoms with Crippen molar-refractivity contribution in [2.45, 2.75) is 44.7 Å². The number of aryl methyl sites for hydroxylation is 1. The molecule has 1 heterocycles. The summed E-state index contributed by atoms with van der Waals surface area (Å²) in [6.45, 7) is 1.83. The van der Waals surface area contributed by atoms with Crippen LogP contribution >= 0.6 is 0 Å². The lowest BCUT2D eigenvalue weighted by Gasteiger charge is -2.25. The number of hydrogen-bond donors (Lipinski definition) is 1. The molecule has 2 amide bonds. The van der Waals surface area contributed by atoms with Crippen LogP contribution in [0.4, 0.5) is 4.39 Å². The van der Waals surface area contributed by atoms with Gasteiger partial charge >= 0.3 is 0 Å². The molecule has 0 saturated heterocycles. The van der Waals surface area contributed by atoms with Gasteiger partial charge in [0.15, 0.2) is 0 Å². The Bertz CT molecular complexity index is 1140. The van der Waals surface area contributed by atoms with E-state index in [9.17, 15) is 14.0 Å². The summed E-state index contributed by atoms with van der Waals surface area (Å²) in [7, 11) is 3.73. The van der Waals surface area contributed by atoms with Gasteiger partial charge in [-0.25, -0.2) is 4.39 Å². The molecule has 1 aromatic heterocycles. The number of nitrogens with zero attached hydrogens (tertiary/aromatic N) is 2. The number of fused-ring (bicyclic) bond motifs is 1. The van der Waals surface area contributed by atoms with Gasteiger partial charge in [0, 0.05) is 60.8 Å². The SMILES string of the molecule is CCC(=O)N[C@H]1CCC(N(C)C(=O)c2ccc(-c3ccc4c(ccn4C)c3)c(F)c2)C1. The fraction of sp³-hybridized carbons (Fsp3) is 0.360. The summed E-state index contributed by atoms with van der Waals surface area (Å²) in [6, 6.07) is 12.7. The monoisotopic (exact) mass is 421 g/mol. The minimum atomic E-state index is -0.408. The minimum absolute atomic E-state index is 0.0333. The maximum absolute atomic E-state index is 15.0. The zero-order chi connectivity index (χ0) is 22.1. The standard InChI is InChI=1S/C25H28FN3O2/c1-4-24(30)27-19-7-8-20(15-19)29(3)25(31)18-5-9-21(22(26)14-18)16-6-10-23-17(13-16)11-12-28(23)2/h5-6,9-14,19-20H,4,7-8,15H2,1-3H3,(H,27,30)/t19-,20?/m0/s1. The van der Waals surface area contributed by atoms with Crippen molar-refractivity contribution in [3.63, 3.8) is 0 Å². The Balaban J connectivity index is 1.49. The van der Waals surface area contributed by atoms with Gasteiger partial charge in [0.05, 0.1) is 0 Å². The summed E-state index contributed by atoms with van der Waals surface area (Å²) in [6.07, 6.45) is 4.84. The molecule has 0 bridgehead atoms. The molecule has 4 rings (SSSR count). The lowest BCUT2D eigenvalue weighted by molar-refractivity contribution is -0.121. The molecule has 5 nitrogen and oxygen atoms in total. The number of amides is 2. The lowest BCUT2D eigenvalue weighted by atomic mass is 10.0. The van der Waals surface area contributed by atoms with Crippen molar-refractivity contribution in [2.24, 2.45) is 7.05 Å². The van der Waals surface area contributed by atoms with E-state index in [0.717, 1.165) is 35.7 Å². The summed E-state index contributed by atoms with van der Waals surface area (Å²) in [5.41, 5.74) is 2.69. The van der Waals surface area contributed by atoms with Crippen molar-refractivity contribution in [3.8, 4) is 11.1 Å². The Morgan fingerprint density at radius 3 is 2.71 bits per heavy atom. The van der Waals surface area contributed by atoms with Crippen LogP contribution in [0.2, 0.25) is 0 Å². The average molecular weight is 422 g/mol. The van der Waals surface area contributed by atoms with Crippen molar-refractivity contribution in [2.75, 3.05) is 7.05 Å². The van der Waals surface area contributed by atoms with Gasteiger partial charge in [-0.15, -0.1) is 0 Å². The normalized spacial score (nSPS) is 18.3. The summed E-state index contributed by atoms with van der Waals surface area (Å²) < 4.78 is 17.0. The highest BCUT2D eigenvalue weighted by Crippen LogP contribution is 2.29. The number of hydrogen-bond acceptors (Lipinski definition) is 2. The van der Waals surface area contributed by atoms with Crippen LogP contribution in [0.25, 0.3) is 22.0 Å². The molecule has 1 fully saturated rings. The van der Waals surface area contributed by atoms with Crippen LogP contribution in [0.15, 0.2) is 48.7 Å². The molecule has 0 radical (unpaired) electrons. The second-order valence-electron chi connectivity index (χ2n) is 8.40. The number of rotatable bonds is 5. The van der Waals surface area contributed by atoms with Gasteiger partial charge < -0.3 is 14.8 Å². The summed E-state index contributed by atoms with van der Waals surface area (Å²) in [4.78, 5) is 26.3. The second-order valence-corrected chi connectivity index (χ2v) is 8.40. The van der Waals surface area contributed by atoms with E-state index in [0.29, 0.717) is 17.5 Å². The summed E-state index contributed by atoms with van der Waals surface area (Å²) in [5, 5.41) is 4.05. The highest BCUT2D eigenvalue weighted by Gasteiger charge is 2.31. The third-order valence-electron chi connectivity index (χ3n) is 6.37. The Morgan fingerprint density at radius 2 is 1.97 bits per heavy atom. The molecular weight excluding hydrogens is 393 g/mol. The van der Waals surface area contributed by atoms with E-state index in [1.54, 1.807) is 24.1 Å². The van der Waals surface area contributed by atoms with Crippen molar-refractivity contribution >= 4 is 22.7 Å². The van der Waals surface area contributed by atoms with Crippen LogP contribution < -0.4 is 5.32 Å². The van der Waals surface area contributed by atoms with Gasteiger partial charge in [-0.3, -0.25) is 9.59 Å².